The minimum absolute atomic E-state index is 0.330. The van der Waals surface area contributed by atoms with Crippen molar-refractivity contribution in [1.29, 1.82) is 0 Å². The van der Waals surface area contributed by atoms with Crippen LogP contribution < -0.4 is 0 Å². The average Bonchev–Trinajstić information content (AvgIpc) is 3.90. The van der Waals surface area contributed by atoms with Crippen molar-refractivity contribution in [2.75, 3.05) is 0 Å². The van der Waals surface area contributed by atoms with Gasteiger partial charge in [0.2, 0.25) is 0 Å². The molecule has 9 aromatic carbocycles. The fourth-order valence-electron chi connectivity index (χ4n) is 10.4. The van der Waals surface area contributed by atoms with E-state index in [1.54, 1.807) is 0 Å². The second kappa shape index (κ2) is 12.6. The van der Waals surface area contributed by atoms with E-state index in [0.717, 1.165) is 56.2 Å². The van der Waals surface area contributed by atoms with Gasteiger partial charge in [0.05, 0.1) is 39.1 Å². The highest BCUT2D eigenvalue weighted by molar-refractivity contribution is 6.15. The van der Waals surface area contributed by atoms with Gasteiger partial charge in [-0.15, -0.1) is 0 Å². The van der Waals surface area contributed by atoms with E-state index < -0.39 is 0 Å². The number of fused-ring (bicyclic) bond motifs is 11. The summed E-state index contributed by atoms with van der Waals surface area (Å²) in [5.74, 6) is 0.726. The third-order valence-corrected chi connectivity index (χ3v) is 13.3. The van der Waals surface area contributed by atoms with Gasteiger partial charge in [-0.3, -0.25) is 0 Å². The van der Waals surface area contributed by atoms with Gasteiger partial charge in [-0.05, 0) is 75.8 Å². The van der Waals surface area contributed by atoms with E-state index in [-0.39, 0.29) is 5.41 Å². The molecule has 1 aliphatic carbocycles. The van der Waals surface area contributed by atoms with Crippen molar-refractivity contribution >= 4 is 65.2 Å². The third kappa shape index (κ3) is 4.82. The van der Waals surface area contributed by atoms with Gasteiger partial charge in [-0.25, -0.2) is 9.97 Å². The maximum absolute atomic E-state index is 5.66. The van der Waals surface area contributed by atoms with Crippen LogP contribution in [0.2, 0.25) is 0 Å². The molecule has 4 heteroatoms. The van der Waals surface area contributed by atoms with Crippen LogP contribution in [-0.2, 0) is 5.41 Å². The van der Waals surface area contributed by atoms with E-state index in [1.165, 1.54) is 65.4 Å². The van der Waals surface area contributed by atoms with Gasteiger partial charge in [0.15, 0.2) is 5.82 Å². The van der Waals surface area contributed by atoms with Crippen molar-refractivity contribution < 1.29 is 0 Å². The first-order valence-electron chi connectivity index (χ1n) is 21.1. The van der Waals surface area contributed by atoms with Crippen LogP contribution in [-0.4, -0.2) is 19.1 Å². The zero-order valence-corrected chi connectivity index (χ0v) is 33.8. The van der Waals surface area contributed by atoms with E-state index >= 15 is 0 Å². The quantitative estimate of drug-likeness (QED) is 0.178. The summed E-state index contributed by atoms with van der Waals surface area (Å²) in [4.78, 5) is 11.2. The predicted molar refractivity (Wildman–Crippen MR) is 254 cm³/mol. The molecule has 0 radical (unpaired) electrons. The molecular weight excluding hydrogens is 741 g/mol. The van der Waals surface area contributed by atoms with Gasteiger partial charge >= 0.3 is 0 Å². The number of benzene rings is 9. The fourth-order valence-corrected chi connectivity index (χ4v) is 10.4. The third-order valence-electron chi connectivity index (χ3n) is 13.3. The lowest BCUT2D eigenvalue weighted by Crippen LogP contribution is -2.17. The Balaban J connectivity index is 1.08. The van der Waals surface area contributed by atoms with Crippen LogP contribution in [0.1, 0.15) is 25.1 Å². The van der Waals surface area contributed by atoms with Gasteiger partial charge in [0.25, 0.3) is 0 Å². The SMILES string of the molecule is CC1(C)c2ccccc2-c2c(-c3ccc(-n4c5ccccc5c5cc6ccccc6cc54)c4ccccc34)nc(-c3ccc4c5ccccc5n(-c5ccccc5)c4c3)nc21. The first-order valence-corrected chi connectivity index (χ1v) is 21.1. The van der Waals surface area contributed by atoms with Gasteiger partial charge in [0.1, 0.15) is 0 Å². The summed E-state index contributed by atoms with van der Waals surface area (Å²) in [5.41, 5.74) is 14.3. The van der Waals surface area contributed by atoms with Gasteiger partial charge in [-0.2, -0.15) is 0 Å². The lowest BCUT2D eigenvalue weighted by atomic mass is 9.85. The van der Waals surface area contributed by atoms with Crippen molar-refractivity contribution in [3.05, 3.63) is 205 Å². The fraction of sp³-hybridized carbons (Fsp3) is 0.0526. The second-order valence-electron chi connectivity index (χ2n) is 17.0. The molecule has 0 spiro atoms. The Kier molecular flexibility index (Phi) is 7.04. The molecule has 0 aliphatic heterocycles. The lowest BCUT2D eigenvalue weighted by Gasteiger charge is -2.21. The molecule has 3 aromatic heterocycles. The summed E-state index contributed by atoms with van der Waals surface area (Å²) in [6.07, 6.45) is 0. The Labute approximate surface area is 352 Å². The summed E-state index contributed by atoms with van der Waals surface area (Å²) in [6.45, 7) is 4.61. The normalized spacial score (nSPS) is 13.2. The number of hydrogen-bond donors (Lipinski definition) is 0. The van der Waals surface area contributed by atoms with Crippen LogP contribution in [0.25, 0.3) is 110 Å². The first kappa shape index (κ1) is 34.1. The molecule has 0 N–H and O–H groups in total. The summed E-state index contributed by atoms with van der Waals surface area (Å²) >= 11 is 0. The molecule has 0 saturated carbocycles. The van der Waals surface area contributed by atoms with Crippen molar-refractivity contribution in [3.63, 3.8) is 0 Å². The summed E-state index contributed by atoms with van der Waals surface area (Å²) in [7, 11) is 0. The zero-order valence-electron chi connectivity index (χ0n) is 33.8. The molecule has 4 nitrogen and oxygen atoms in total. The van der Waals surface area contributed by atoms with Gasteiger partial charge in [0, 0.05) is 54.7 Å². The Morgan fingerprint density at radius 3 is 1.82 bits per heavy atom. The van der Waals surface area contributed by atoms with Gasteiger partial charge < -0.3 is 9.13 Å². The Morgan fingerprint density at radius 1 is 0.410 bits per heavy atom. The van der Waals surface area contributed by atoms with Crippen molar-refractivity contribution in [2.45, 2.75) is 19.3 Å². The van der Waals surface area contributed by atoms with Crippen LogP contribution >= 0.6 is 0 Å². The number of para-hydroxylation sites is 3. The van der Waals surface area contributed by atoms with Crippen LogP contribution in [0.3, 0.4) is 0 Å². The highest BCUT2D eigenvalue weighted by Gasteiger charge is 2.40. The minimum Gasteiger partial charge on any atom is -0.309 e. The lowest BCUT2D eigenvalue weighted by molar-refractivity contribution is 0.636. The van der Waals surface area contributed by atoms with E-state index in [1.807, 2.05) is 0 Å². The molecule has 0 fully saturated rings. The Hall–Kier alpha value is -7.82. The smallest absolute Gasteiger partial charge is 0.160 e. The van der Waals surface area contributed by atoms with Gasteiger partial charge in [-0.1, -0.05) is 159 Å². The molecule has 0 atom stereocenters. The van der Waals surface area contributed by atoms with Crippen molar-refractivity contribution in [2.24, 2.45) is 0 Å². The summed E-state index contributed by atoms with van der Waals surface area (Å²) in [6, 6.07) is 70.5. The Bertz CT molecular complexity index is 3790. The molecule has 0 saturated heterocycles. The minimum atomic E-state index is -0.330. The van der Waals surface area contributed by atoms with Crippen LogP contribution in [0.15, 0.2) is 194 Å². The van der Waals surface area contributed by atoms with Crippen molar-refractivity contribution in [1.82, 2.24) is 19.1 Å². The number of aromatic nitrogens is 4. The molecule has 0 amide bonds. The highest BCUT2D eigenvalue weighted by atomic mass is 15.0. The monoisotopic (exact) mass is 778 g/mol. The van der Waals surface area contributed by atoms with Crippen LogP contribution in [0, 0.1) is 0 Å². The van der Waals surface area contributed by atoms with E-state index in [0.29, 0.717) is 0 Å². The number of hydrogen-bond acceptors (Lipinski definition) is 2. The largest absolute Gasteiger partial charge is 0.309 e. The molecule has 3 heterocycles. The topological polar surface area (TPSA) is 35.6 Å². The Morgan fingerprint density at radius 2 is 1.02 bits per heavy atom. The standard InChI is InChI=1S/C57H38N4/c1-57(2)47-25-13-10-24-45(47)53-54(58-56(59-55(53)57)37-28-29-43-41-22-11-14-26-48(41)60(51(43)34-37)38-18-4-3-5-19-38)44-30-31-50(40-21-9-8-20-39(40)44)61-49-27-15-12-23-42(49)46-32-35-16-6-7-17-36(35)33-52(46)61/h3-34H,1-2H3. The maximum Gasteiger partial charge on any atom is 0.160 e. The molecule has 286 valence electrons. The van der Waals surface area contributed by atoms with E-state index in [2.05, 4.69) is 217 Å². The molecule has 12 aromatic rings. The van der Waals surface area contributed by atoms with Crippen molar-refractivity contribution in [3.8, 4) is 45.1 Å². The zero-order chi connectivity index (χ0) is 40.4. The molecule has 61 heavy (non-hydrogen) atoms. The number of rotatable bonds is 4. The maximum atomic E-state index is 5.66. The molecule has 0 unspecified atom stereocenters. The first-order chi connectivity index (χ1) is 30.0. The van der Waals surface area contributed by atoms with E-state index in [4.69, 9.17) is 9.97 Å². The highest BCUT2D eigenvalue weighted by Crippen LogP contribution is 2.52. The second-order valence-corrected chi connectivity index (χ2v) is 17.0. The molecule has 1 aliphatic rings. The average molecular weight is 779 g/mol. The van der Waals surface area contributed by atoms with Crippen LogP contribution in [0.5, 0.6) is 0 Å². The van der Waals surface area contributed by atoms with E-state index in [9.17, 15) is 0 Å². The summed E-state index contributed by atoms with van der Waals surface area (Å²) in [5, 5.41) is 9.73. The number of nitrogens with zero attached hydrogens (tertiary/aromatic N) is 4. The summed E-state index contributed by atoms with van der Waals surface area (Å²) < 4.78 is 4.82. The molecular formula is C57H38N4. The molecule has 13 rings (SSSR count). The van der Waals surface area contributed by atoms with Crippen LogP contribution in [0.4, 0.5) is 0 Å². The molecule has 0 bridgehead atoms. The predicted octanol–water partition coefficient (Wildman–Crippen LogP) is 14.6.